The van der Waals surface area contributed by atoms with Crippen LogP contribution < -0.4 is 0 Å². The number of nitrogens with zero attached hydrogens (tertiary/aromatic N) is 1. The molecule has 1 saturated carbocycles. The summed E-state index contributed by atoms with van der Waals surface area (Å²) in [6, 6.07) is 0. The van der Waals surface area contributed by atoms with Crippen molar-refractivity contribution in [3.63, 3.8) is 0 Å². The zero-order chi connectivity index (χ0) is 12.1. The minimum atomic E-state index is -2.52. The van der Waals surface area contributed by atoms with Crippen LogP contribution in [0.5, 0.6) is 0 Å². The van der Waals surface area contributed by atoms with Crippen molar-refractivity contribution in [1.82, 2.24) is 4.90 Å². The van der Waals surface area contributed by atoms with Crippen LogP contribution in [-0.2, 0) is 4.74 Å². The fourth-order valence-corrected chi connectivity index (χ4v) is 1.66. The molecule has 4 heteroatoms. The van der Waals surface area contributed by atoms with Crippen molar-refractivity contribution in [3.05, 3.63) is 0 Å². The monoisotopic (exact) mass is 223 g/mol. The molecule has 0 spiro atoms. The van der Waals surface area contributed by atoms with E-state index in [1.54, 1.807) is 4.90 Å². The minimum Gasteiger partial charge on any atom is -0.381 e. The van der Waals surface area contributed by atoms with Gasteiger partial charge in [-0.25, -0.2) is 8.78 Å². The first kappa shape index (κ1) is 14.8. The van der Waals surface area contributed by atoms with E-state index in [9.17, 15) is 8.78 Å². The van der Waals surface area contributed by atoms with E-state index >= 15 is 0 Å². The van der Waals surface area contributed by atoms with Gasteiger partial charge in [-0.3, -0.25) is 0 Å². The minimum absolute atomic E-state index is 0.0296. The summed E-state index contributed by atoms with van der Waals surface area (Å²) in [5.74, 6) is -2.52. The average Bonchev–Trinajstić information content (AvgIpc) is 2.67. The lowest BCUT2D eigenvalue weighted by molar-refractivity contribution is 0.00145. The van der Waals surface area contributed by atoms with Crippen LogP contribution in [0.25, 0.3) is 0 Å². The maximum atomic E-state index is 13.0. The predicted molar refractivity (Wildman–Crippen MR) is 58.4 cm³/mol. The largest absolute Gasteiger partial charge is 0.381 e. The molecule has 15 heavy (non-hydrogen) atoms. The van der Waals surface area contributed by atoms with E-state index in [4.69, 9.17) is 4.74 Å². The molecular formula is C11H23F2NO. The van der Waals surface area contributed by atoms with E-state index in [2.05, 4.69) is 0 Å². The van der Waals surface area contributed by atoms with Crippen LogP contribution in [0.1, 0.15) is 27.2 Å². The fourth-order valence-electron chi connectivity index (χ4n) is 1.66. The third-order valence-electron chi connectivity index (χ3n) is 2.41. The summed E-state index contributed by atoms with van der Waals surface area (Å²) in [6.45, 7) is 6.91. The van der Waals surface area contributed by atoms with Gasteiger partial charge in [-0.15, -0.1) is 0 Å². The van der Waals surface area contributed by atoms with Gasteiger partial charge in [-0.05, 0) is 21.0 Å². The number of hydrogen-bond acceptors (Lipinski definition) is 2. The summed E-state index contributed by atoms with van der Waals surface area (Å²) in [6.07, 6.45) is -0.0296. The van der Waals surface area contributed by atoms with Crippen LogP contribution in [0.15, 0.2) is 0 Å². The molecule has 92 valence electrons. The molecule has 1 aliphatic carbocycles. The first-order valence-electron chi connectivity index (χ1n) is 5.54. The van der Waals surface area contributed by atoms with Gasteiger partial charge in [0.05, 0.1) is 12.0 Å². The summed E-state index contributed by atoms with van der Waals surface area (Å²) in [5.41, 5.74) is -0.910. The molecule has 0 aromatic heterocycles. The number of alkyl halides is 2. The van der Waals surface area contributed by atoms with Crippen molar-refractivity contribution in [2.45, 2.75) is 33.1 Å². The molecule has 0 amide bonds. The second-order valence-electron chi connectivity index (χ2n) is 4.04. The maximum absolute atomic E-state index is 13.0. The average molecular weight is 223 g/mol. The van der Waals surface area contributed by atoms with Crippen molar-refractivity contribution in [2.75, 3.05) is 33.9 Å². The van der Waals surface area contributed by atoms with Crippen LogP contribution >= 0.6 is 0 Å². The molecule has 1 fully saturated rings. The molecule has 1 atom stereocenters. The fraction of sp³-hybridized carbons (Fsp3) is 1.00. The van der Waals surface area contributed by atoms with Gasteiger partial charge in [0, 0.05) is 19.6 Å². The lowest BCUT2D eigenvalue weighted by Crippen LogP contribution is -2.31. The Balaban J connectivity index is 0.000000921. The Hall–Kier alpha value is -0.220. The van der Waals surface area contributed by atoms with Gasteiger partial charge in [-0.2, -0.15) is 0 Å². The highest BCUT2D eigenvalue weighted by Gasteiger charge is 2.71. The number of rotatable bonds is 5. The van der Waals surface area contributed by atoms with Gasteiger partial charge in [0.15, 0.2) is 0 Å². The van der Waals surface area contributed by atoms with Crippen molar-refractivity contribution in [2.24, 2.45) is 5.41 Å². The molecule has 1 rings (SSSR count). The molecule has 0 aliphatic heterocycles. The predicted octanol–water partition coefficient (Wildman–Crippen LogP) is 2.64. The third-order valence-corrected chi connectivity index (χ3v) is 2.41. The van der Waals surface area contributed by atoms with E-state index in [1.165, 1.54) is 0 Å². The van der Waals surface area contributed by atoms with E-state index < -0.39 is 11.3 Å². The van der Waals surface area contributed by atoms with Crippen molar-refractivity contribution < 1.29 is 13.5 Å². The topological polar surface area (TPSA) is 12.5 Å². The molecule has 0 bridgehead atoms. The van der Waals surface area contributed by atoms with Gasteiger partial charge in [-0.1, -0.05) is 13.8 Å². The van der Waals surface area contributed by atoms with Crippen molar-refractivity contribution >= 4 is 0 Å². The first-order valence-corrected chi connectivity index (χ1v) is 5.54. The quantitative estimate of drug-likeness (QED) is 0.710. The van der Waals surface area contributed by atoms with Crippen molar-refractivity contribution in [3.8, 4) is 0 Å². The summed E-state index contributed by atoms with van der Waals surface area (Å²) in [4.78, 5) is 1.79. The van der Waals surface area contributed by atoms with E-state index in [-0.39, 0.29) is 13.0 Å². The Kier molecular flexibility index (Phi) is 5.67. The summed E-state index contributed by atoms with van der Waals surface area (Å²) in [7, 11) is 3.62. The third kappa shape index (κ3) is 3.68. The second kappa shape index (κ2) is 5.75. The van der Waals surface area contributed by atoms with Gasteiger partial charge >= 0.3 is 0 Å². The van der Waals surface area contributed by atoms with E-state index in [0.29, 0.717) is 13.2 Å². The van der Waals surface area contributed by atoms with Gasteiger partial charge in [0.25, 0.3) is 5.92 Å². The molecule has 0 saturated heterocycles. The number of ether oxygens (including phenoxy) is 1. The van der Waals surface area contributed by atoms with Crippen LogP contribution in [0.3, 0.4) is 0 Å². The SMILES string of the molecule is CC.CCOCC1(CN(C)C)CC1(F)F. The normalized spacial score (nSPS) is 27.2. The Labute approximate surface area is 91.6 Å². The number of halogens is 2. The lowest BCUT2D eigenvalue weighted by Gasteiger charge is -2.20. The second-order valence-corrected chi connectivity index (χ2v) is 4.04. The van der Waals surface area contributed by atoms with Crippen LogP contribution in [-0.4, -0.2) is 44.7 Å². The molecular weight excluding hydrogens is 200 g/mol. The lowest BCUT2D eigenvalue weighted by atomic mass is 10.1. The molecule has 1 unspecified atom stereocenters. The highest BCUT2D eigenvalue weighted by Crippen LogP contribution is 2.60. The molecule has 2 nitrogen and oxygen atoms in total. The molecule has 0 aromatic carbocycles. The molecule has 0 radical (unpaired) electrons. The summed E-state index contributed by atoms with van der Waals surface area (Å²) < 4.78 is 31.1. The number of hydrogen-bond donors (Lipinski definition) is 0. The molecule has 0 N–H and O–H groups in total. The van der Waals surface area contributed by atoms with E-state index in [0.717, 1.165) is 0 Å². The maximum Gasteiger partial charge on any atom is 0.258 e. The van der Waals surface area contributed by atoms with Crippen LogP contribution in [0.2, 0.25) is 0 Å². The van der Waals surface area contributed by atoms with Gasteiger partial charge in [0.1, 0.15) is 0 Å². The van der Waals surface area contributed by atoms with Crippen LogP contribution in [0, 0.1) is 5.41 Å². The van der Waals surface area contributed by atoms with Crippen LogP contribution in [0.4, 0.5) is 8.78 Å². The zero-order valence-electron chi connectivity index (χ0n) is 10.4. The molecule has 1 aliphatic rings. The van der Waals surface area contributed by atoms with Gasteiger partial charge in [0.2, 0.25) is 0 Å². The summed E-state index contributed by atoms with van der Waals surface area (Å²) in [5, 5.41) is 0. The molecule has 0 aromatic rings. The smallest absolute Gasteiger partial charge is 0.258 e. The van der Waals surface area contributed by atoms with Crippen molar-refractivity contribution in [1.29, 1.82) is 0 Å². The Morgan fingerprint density at radius 1 is 1.27 bits per heavy atom. The Morgan fingerprint density at radius 2 is 1.73 bits per heavy atom. The Bertz CT molecular complexity index is 185. The standard InChI is InChI=1S/C9H17F2NO.C2H6/c1-4-13-7-8(6-12(2)3)5-9(8,10)11;1-2/h4-7H2,1-3H3;1-2H3. The first-order chi connectivity index (χ1) is 6.93. The highest BCUT2D eigenvalue weighted by molar-refractivity contribution is 5.11. The van der Waals surface area contributed by atoms with Gasteiger partial charge < -0.3 is 9.64 Å². The highest BCUT2D eigenvalue weighted by atomic mass is 19.3. The molecule has 0 heterocycles. The zero-order valence-corrected chi connectivity index (χ0v) is 10.4. The summed E-state index contributed by atoms with van der Waals surface area (Å²) >= 11 is 0. The Morgan fingerprint density at radius 3 is 2.00 bits per heavy atom. The van der Waals surface area contributed by atoms with E-state index in [1.807, 2.05) is 34.9 Å².